The van der Waals surface area contributed by atoms with E-state index in [-0.39, 0.29) is 12.2 Å². The number of hydrogen-bond donors (Lipinski definition) is 1. The fourth-order valence-electron chi connectivity index (χ4n) is 2.45. The van der Waals surface area contributed by atoms with Crippen LogP contribution in [0.4, 0.5) is 0 Å². The van der Waals surface area contributed by atoms with Gasteiger partial charge in [0.25, 0.3) is 6.20 Å². The standard InChI is InChI=1S/C16H12ClN3O3/c17-12-6-7-15-14(8-12)16(11-4-2-1-3-5-11)19(21)9-13(18-15)10-20(22)23/h1-8,10,21H,9H2. The molecule has 0 fully saturated rings. The fourth-order valence-corrected chi connectivity index (χ4v) is 2.62. The van der Waals surface area contributed by atoms with Gasteiger partial charge in [0, 0.05) is 15.8 Å². The molecule has 3 rings (SSSR count). The second-order valence-corrected chi connectivity index (χ2v) is 5.39. The first-order chi connectivity index (χ1) is 11.0. The Hall–Kier alpha value is -2.70. The average molecular weight is 330 g/mol. The number of nitro groups is 1. The number of nitrogens with zero attached hydrogens (tertiary/aromatic N) is 3. The highest BCUT2D eigenvalue weighted by molar-refractivity contribution is 6.30. The lowest BCUT2D eigenvalue weighted by molar-refractivity contribution is -0.403. The number of benzene rings is 2. The Morgan fingerprint density at radius 2 is 2.00 bits per heavy atom. The van der Waals surface area contributed by atoms with Gasteiger partial charge in [-0.05, 0) is 18.2 Å². The van der Waals surface area contributed by atoms with Crippen LogP contribution in [0, 0.1) is 10.1 Å². The minimum absolute atomic E-state index is 0.0997. The van der Waals surface area contributed by atoms with Crippen molar-refractivity contribution in [2.24, 2.45) is 4.99 Å². The number of hydroxylamine groups is 2. The Labute approximate surface area is 136 Å². The highest BCUT2D eigenvalue weighted by Gasteiger charge is 2.18. The normalized spacial score (nSPS) is 15.8. The molecule has 6 nitrogen and oxygen atoms in total. The van der Waals surface area contributed by atoms with Crippen LogP contribution < -0.4 is 10.6 Å². The van der Waals surface area contributed by atoms with Crippen molar-refractivity contribution in [3.63, 3.8) is 0 Å². The van der Waals surface area contributed by atoms with Crippen LogP contribution in [0.3, 0.4) is 0 Å². The van der Waals surface area contributed by atoms with E-state index in [1.807, 2.05) is 30.3 Å². The van der Waals surface area contributed by atoms with Gasteiger partial charge in [-0.1, -0.05) is 41.9 Å². The third-order valence-corrected chi connectivity index (χ3v) is 3.58. The van der Waals surface area contributed by atoms with Gasteiger partial charge in [-0.3, -0.25) is 15.3 Å². The summed E-state index contributed by atoms with van der Waals surface area (Å²) in [6, 6.07) is 14.2. The summed E-state index contributed by atoms with van der Waals surface area (Å²) < 4.78 is 0. The largest absolute Gasteiger partial charge is 0.288 e. The van der Waals surface area contributed by atoms with E-state index >= 15 is 0 Å². The smallest absolute Gasteiger partial charge is 0.257 e. The second-order valence-electron chi connectivity index (χ2n) is 4.95. The number of rotatable bonds is 2. The molecule has 1 aliphatic heterocycles. The van der Waals surface area contributed by atoms with Crippen molar-refractivity contribution in [2.45, 2.75) is 0 Å². The predicted molar refractivity (Wildman–Crippen MR) is 84.8 cm³/mol. The van der Waals surface area contributed by atoms with Crippen LogP contribution in [-0.4, -0.2) is 21.7 Å². The van der Waals surface area contributed by atoms with Crippen molar-refractivity contribution in [1.82, 2.24) is 5.06 Å². The lowest BCUT2D eigenvalue weighted by Crippen LogP contribution is -2.31. The summed E-state index contributed by atoms with van der Waals surface area (Å²) >= 11 is 6.07. The van der Waals surface area contributed by atoms with Crippen molar-refractivity contribution in [3.8, 4) is 0 Å². The van der Waals surface area contributed by atoms with E-state index in [4.69, 9.17) is 11.6 Å². The fraction of sp³-hybridized carbons (Fsp3) is 0.0625. The van der Waals surface area contributed by atoms with Crippen LogP contribution in [0.2, 0.25) is 5.02 Å². The molecule has 7 heteroatoms. The molecular formula is C16H12ClN3O3. The first kappa shape index (κ1) is 15.2. The molecule has 1 N–H and O–H groups in total. The summed E-state index contributed by atoms with van der Waals surface area (Å²) in [5, 5.41) is 23.8. The molecule has 23 heavy (non-hydrogen) atoms. The first-order valence-corrected chi connectivity index (χ1v) is 7.17. The monoisotopic (exact) mass is 329 g/mol. The van der Waals surface area contributed by atoms with Crippen molar-refractivity contribution in [1.29, 1.82) is 0 Å². The van der Waals surface area contributed by atoms with Crippen LogP contribution >= 0.6 is 11.6 Å². The molecule has 0 amide bonds. The summed E-state index contributed by atoms with van der Waals surface area (Å²) in [7, 11) is 0. The van der Waals surface area contributed by atoms with Gasteiger partial charge in [-0.15, -0.1) is 0 Å². The van der Waals surface area contributed by atoms with E-state index < -0.39 is 4.92 Å². The molecule has 1 aliphatic rings. The molecule has 0 saturated carbocycles. The minimum Gasteiger partial charge on any atom is -0.288 e. The molecule has 0 aromatic heterocycles. The molecular weight excluding hydrogens is 318 g/mol. The zero-order valence-corrected chi connectivity index (χ0v) is 12.6. The van der Waals surface area contributed by atoms with Crippen molar-refractivity contribution in [3.05, 3.63) is 91.7 Å². The minimum atomic E-state index is -0.588. The van der Waals surface area contributed by atoms with E-state index in [1.54, 1.807) is 18.2 Å². The van der Waals surface area contributed by atoms with Gasteiger partial charge in [-0.2, -0.15) is 0 Å². The van der Waals surface area contributed by atoms with Gasteiger partial charge in [0.05, 0.1) is 22.5 Å². The Balaban J connectivity index is 2.36. The summed E-state index contributed by atoms with van der Waals surface area (Å²) in [5.41, 5.74) is 1.40. The lowest BCUT2D eigenvalue weighted by Gasteiger charge is -2.19. The average Bonchev–Trinajstić information content (AvgIpc) is 2.62. The number of fused-ring (bicyclic) bond motifs is 1. The van der Waals surface area contributed by atoms with Crippen LogP contribution in [-0.2, 0) is 0 Å². The van der Waals surface area contributed by atoms with Gasteiger partial charge in [-0.25, -0.2) is 10.1 Å². The van der Waals surface area contributed by atoms with Gasteiger partial charge < -0.3 is 0 Å². The summed E-state index contributed by atoms with van der Waals surface area (Å²) in [6.45, 7) is -0.0997. The van der Waals surface area contributed by atoms with Crippen molar-refractivity contribution >= 4 is 17.3 Å². The van der Waals surface area contributed by atoms with Gasteiger partial charge in [0.1, 0.15) is 5.70 Å². The highest BCUT2D eigenvalue weighted by atomic mass is 35.5. The maximum Gasteiger partial charge on any atom is 0.257 e. The zero-order valence-electron chi connectivity index (χ0n) is 11.9. The Bertz CT molecular complexity index is 910. The Kier molecular flexibility index (Phi) is 4.10. The second kappa shape index (κ2) is 6.20. The topological polar surface area (TPSA) is 79.0 Å². The zero-order chi connectivity index (χ0) is 16.4. The molecule has 0 atom stereocenters. The van der Waals surface area contributed by atoms with Crippen LogP contribution in [0.25, 0.3) is 5.70 Å². The Morgan fingerprint density at radius 3 is 2.70 bits per heavy atom. The van der Waals surface area contributed by atoms with Crippen molar-refractivity contribution < 1.29 is 10.1 Å². The maximum atomic E-state index is 10.7. The van der Waals surface area contributed by atoms with Crippen LogP contribution in [0.1, 0.15) is 5.56 Å². The van der Waals surface area contributed by atoms with E-state index in [9.17, 15) is 15.3 Å². The third-order valence-electron chi connectivity index (χ3n) is 3.35. The summed E-state index contributed by atoms with van der Waals surface area (Å²) in [6.07, 6.45) is 0.787. The van der Waals surface area contributed by atoms with Gasteiger partial charge >= 0.3 is 0 Å². The van der Waals surface area contributed by atoms with Crippen LogP contribution in [0.5, 0.6) is 0 Å². The van der Waals surface area contributed by atoms with E-state index in [1.165, 1.54) is 0 Å². The molecule has 2 aromatic rings. The van der Waals surface area contributed by atoms with E-state index in [0.29, 0.717) is 21.3 Å². The molecule has 0 radical (unpaired) electrons. The number of hydrogen-bond acceptors (Lipinski definition) is 5. The Morgan fingerprint density at radius 1 is 1.26 bits per heavy atom. The van der Waals surface area contributed by atoms with E-state index in [0.717, 1.165) is 16.8 Å². The quantitative estimate of drug-likeness (QED) is 0.674. The number of halogens is 1. The third kappa shape index (κ3) is 3.23. The van der Waals surface area contributed by atoms with Crippen LogP contribution in [0.15, 0.2) is 65.4 Å². The molecule has 116 valence electrons. The van der Waals surface area contributed by atoms with Gasteiger partial charge in [0.2, 0.25) is 0 Å². The first-order valence-electron chi connectivity index (χ1n) is 6.79. The highest BCUT2D eigenvalue weighted by Crippen LogP contribution is 2.17. The molecule has 0 spiro atoms. The molecule has 0 bridgehead atoms. The predicted octanol–water partition coefficient (Wildman–Crippen LogP) is 1.94. The summed E-state index contributed by atoms with van der Waals surface area (Å²) in [4.78, 5) is 14.4. The van der Waals surface area contributed by atoms with E-state index in [2.05, 4.69) is 4.99 Å². The van der Waals surface area contributed by atoms with Gasteiger partial charge in [0.15, 0.2) is 0 Å². The van der Waals surface area contributed by atoms with Crippen molar-refractivity contribution in [2.75, 3.05) is 6.54 Å². The molecule has 1 heterocycles. The molecule has 0 unspecified atom stereocenters. The SMILES string of the molecule is O=[N+]([O-])C=C1CN(O)C(c2ccccc2)=c2cc(Cl)ccc2=N1. The molecule has 0 saturated heterocycles. The molecule has 2 aromatic carbocycles. The maximum absolute atomic E-state index is 10.7. The molecule has 0 aliphatic carbocycles. The summed E-state index contributed by atoms with van der Waals surface area (Å²) in [5.74, 6) is 0. The lowest BCUT2D eigenvalue weighted by atomic mass is 10.1.